The van der Waals surface area contributed by atoms with Crippen molar-refractivity contribution in [2.45, 2.75) is 44.1 Å². The van der Waals surface area contributed by atoms with E-state index in [0.717, 1.165) is 24.3 Å². The van der Waals surface area contributed by atoms with Gasteiger partial charge in [-0.05, 0) is 41.6 Å². The molecule has 1 heterocycles. The lowest BCUT2D eigenvalue weighted by molar-refractivity contribution is -0.123. The third-order valence-electron chi connectivity index (χ3n) is 4.76. The highest BCUT2D eigenvalue weighted by atomic mass is 32.2. The van der Waals surface area contributed by atoms with Crippen LogP contribution in [-0.4, -0.2) is 23.0 Å². The van der Waals surface area contributed by atoms with E-state index in [1.165, 1.54) is 11.1 Å². The van der Waals surface area contributed by atoms with Crippen LogP contribution >= 0.6 is 11.8 Å². The van der Waals surface area contributed by atoms with Crippen LogP contribution in [0.25, 0.3) is 0 Å². The number of benzene rings is 1. The number of amides is 1. The smallest absolute Gasteiger partial charge is 0.225 e. The van der Waals surface area contributed by atoms with E-state index in [9.17, 15) is 10.1 Å². The highest BCUT2D eigenvalue weighted by Crippen LogP contribution is 2.48. The Kier molecular flexibility index (Phi) is 4.18. The summed E-state index contributed by atoms with van der Waals surface area (Å²) in [5.74, 6) is 2.63. The van der Waals surface area contributed by atoms with Gasteiger partial charge in [0.2, 0.25) is 5.91 Å². The van der Waals surface area contributed by atoms with Gasteiger partial charge in [0.1, 0.15) is 5.54 Å². The molecule has 1 aliphatic carbocycles. The predicted molar refractivity (Wildman–Crippen MR) is 89.8 cm³/mol. The van der Waals surface area contributed by atoms with E-state index < -0.39 is 5.54 Å². The van der Waals surface area contributed by atoms with Gasteiger partial charge >= 0.3 is 0 Å². The Morgan fingerprint density at radius 2 is 2.14 bits per heavy atom. The molecule has 1 aromatic rings. The molecule has 1 saturated heterocycles. The van der Waals surface area contributed by atoms with Crippen molar-refractivity contribution in [2.24, 2.45) is 5.92 Å². The molecule has 0 radical (unpaired) electrons. The third kappa shape index (κ3) is 3.01. The Labute approximate surface area is 136 Å². The zero-order chi connectivity index (χ0) is 15.7. The van der Waals surface area contributed by atoms with Crippen LogP contribution < -0.4 is 5.32 Å². The van der Waals surface area contributed by atoms with Crippen molar-refractivity contribution in [2.75, 3.05) is 11.5 Å². The Bertz CT molecular complexity index is 597. The maximum absolute atomic E-state index is 12.4. The van der Waals surface area contributed by atoms with Gasteiger partial charge in [-0.1, -0.05) is 38.1 Å². The van der Waals surface area contributed by atoms with Crippen LogP contribution in [0.4, 0.5) is 0 Å². The fourth-order valence-electron chi connectivity index (χ4n) is 3.09. The molecule has 1 N–H and O–H groups in total. The Morgan fingerprint density at radius 1 is 1.41 bits per heavy atom. The molecule has 0 aromatic heterocycles. The maximum atomic E-state index is 12.4. The van der Waals surface area contributed by atoms with Crippen LogP contribution in [0.2, 0.25) is 0 Å². The molecule has 116 valence electrons. The summed E-state index contributed by atoms with van der Waals surface area (Å²) >= 11 is 1.74. The van der Waals surface area contributed by atoms with Crippen LogP contribution in [0.5, 0.6) is 0 Å². The first-order chi connectivity index (χ1) is 10.5. The number of nitrogens with zero attached hydrogens (tertiary/aromatic N) is 1. The number of carbonyl (C=O) groups is 1. The van der Waals surface area contributed by atoms with Gasteiger partial charge in [-0.15, -0.1) is 0 Å². The molecule has 3 atom stereocenters. The summed E-state index contributed by atoms with van der Waals surface area (Å²) < 4.78 is 0. The largest absolute Gasteiger partial charge is 0.337 e. The monoisotopic (exact) mass is 314 g/mol. The van der Waals surface area contributed by atoms with E-state index in [2.05, 4.69) is 49.5 Å². The van der Waals surface area contributed by atoms with Crippen LogP contribution in [0, 0.1) is 17.2 Å². The molecule has 1 saturated carbocycles. The number of hydrogen-bond acceptors (Lipinski definition) is 3. The number of hydrogen-bond donors (Lipinski definition) is 1. The van der Waals surface area contributed by atoms with Gasteiger partial charge < -0.3 is 5.32 Å². The molecule has 2 aliphatic rings. The van der Waals surface area contributed by atoms with Gasteiger partial charge in [0.25, 0.3) is 0 Å². The number of rotatable bonds is 4. The Hall–Kier alpha value is -1.47. The molecular formula is C18H22N2OS. The van der Waals surface area contributed by atoms with E-state index in [1.807, 2.05) is 0 Å². The van der Waals surface area contributed by atoms with Gasteiger partial charge in [0.05, 0.1) is 6.07 Å². The minimum absolute atomic E-state index is 0.0423. The Balaban J connectivity index is 1.62. The second-order valence-electron chi connectivity index (χ2n) is 6.76. The highest BCUT2D eigenvalue weighted by Gasteiger charge is 2.47. The first-order valence-electron chi connectivity index (χ1n) is 7.95. The lowest BCUT2D eigenvalue weighted by atomic mass is 9.99. The predicted octanol–water partition coefficient (Wildman–Crippen LogP) is 3.43. The summed E-state index contributed by atoms with van der Waals surface area (Å²) in [5, 5.41) is 12.4. The normalized spacial score (nSPS) is 30.1. The van der Waals surface area contributed by atoms with Crippen LogP contribution in [0.15, 0.2) is 24.3 Å². The molecule has 0 unspecified atom stereocenters. The van der Waals surface area contributed by atoms with Gasteiger partial charge in [-0.2, -0.15) is 17.0 Å². The van der Waals surface area contributed by atoms with Crippen LogP contribution in [0.1, 0.15) is 49.7 Å². The van der Waals surface area contributed by atoms with Crippen molar-refractivity contribution in [1.29, 1.82) is 5.26 Å². The van der Waals surface area contributed by atoms with Crippen molar-refractivity contribution in [3.63, 3.8) is 0 Å². The van der Waals surface area contributed by atoms with E-state index in [-0.39, 0.29) is 11.8 Å². The van der Waals surface area contributed by atoms with E-state index in [0.29, 0.717) is 11.8 Å². The molecule has 0 bridgehead atoms. The zero-order valence-corrected chi connectivity index (χ0v) is 14.0. The van der Waals surface area contributed by atoms with Crippen molar-refractivity contribution < 1.29 is 4.79 Å². The summed E-state index contributed by atoms with van der Waals surface area (Å²) in [6.45, 7) is 4.37. The van der Waals surface area contributed by atoms with Crippen molar-refractivity contribution in [3.05, 3.63) is 35.4 Å². The summed E-state index contributed by atoms with van der Waals surface area (Å²) in [6.07, 6.45) is 1.67. The van der Waals surface area contributed by atoms with E-state index in [1.54, 1.807) is 11.8 Å². The number of carbonyl (C=O) groups excluding carboxylic acids is 1. The molecule has 22 heavy (non-hydrogen) atoms. The van der Waals surface area contributed by atoms with Gasteiger partial charge in [0, 0.05) is 11.7 Å². The maximum Gasteiger partial charge on any atom is 0.225 e. The minimum Gasteiger partial charge on any atom is -0.337 e. The molecule has 1 aromatic carbocycles. The highest BCUT2D eigenvalue weighted by molar-refractivity contribution is 7.99. The zero-order valence-electron chi connectivity index (χ0n) is 13.1. The van der Waals surface area contributed by atoms with Crippen LogP contribution in [0.3, 0.4) is 0 Å². The number of thioether (sulfide) groups is 1. The fraction of sp³-hybridized carbons (Fsp3) is 0.556. The molecule has 3 rings (SSSR count). The summed E-state index contributed by atoms with van der Waals surface area (Å²) in [7, 11) is 0. The lowest BCUT2D eigenvalue weighted by Crippen LogP contribution is -2.48. The summed E-state index contributed by atoms with van der Waals surface area (Å²) in [6, 6.07) is 10.9. The second-order valence-corrected chi connectivity index (χ2v) is 7.86. The van der Waals surface area contributed by atoms with E-state index in [4.69, 9.17) is 0 Å². The minimum atomic E-state index is -0.629. The molecule has 2 fully saturated rings. The third-order valence-corrected chi connectivity index (χ3v) is 5.95. The first-order valence-corrected chi connectivity index (χ1v) is 9.11. The fourth-order valence-corrected chi connectivity index (χ4v) is 4.36. The summed E-state index contributed by atoms with van der Waals surface area (Å²) in [5.41, 5.74) is 1.95. The molecule has 0 spiro atoms. The van der Waals surface area contributed by atoms with Crippen LogP contribution in [-0.2, 0) is 4.79 Å². The first kappa shape index (κ1) is 15.4. The van der Waals surface area contributed by atoms with Gasteiger partial charge in [-0.25, -0.2) is 0 Å². The number of nitriles is 1. The molecule has 1 amide bonds. The SMILES string of the molecule is CC(C)c1ccc([C@@H]2C[C@@H]2C(=O)N[C@@]2(C#N)CCSC2)cc1. The molecule has 3 nitrogen and oxygen atoms in total. The van der Waals surface area contributed by atoms with Crippen molar-refractivity contribution >= 4 is 17.7 Å². The molecule has 4 heteroatoms. The lowest BCUT2D eigenvalue weighted by Gasteiger charge is -2.21. The van der Waals surface area contributed by atoms with Crippen molar-refractivity contribution in [1.82, 2.24) is 5.32 Å². The second kappa shape index (κ2) is 5.96. The Morgan fingerprint density at radius 3 is 2.68 bits per heavy atom. The summed E-state index contributed by atoms with van der Waals surface area (Å²) in [4.78, 5) is 12.4. The standard InChI is InChI=1S/C18H22N2OS/c1-12(2)13-3-5-14(6-4-13)15-9-16(15)17(21)20-18(10-19)7-8-22-11-18/h3-6,12,15-16H,7-9,11H2,1-2H3,(H,20,21)/t15-,16-,18+/m0/s1. The average Bonchev–Trinajstić information content (AvgIpc) is 3.20. The van der Waals surface area contributed by atoms with Gasteiger partial charge in [-0.3, -0.25) is 4.79 Å². The van der Waals surface area contributed by atoms with Gasteiger partial charge in [0.15, 0.2) is 0 Å². The quantitative estimate of drug-likeness (QED) is 0.926. The number of nitrogens with one attached hydrogen (secondary N) is 1. The molecular weight excluding hydrogens is 292 g/mol. The topological polar surface area (TPSA) is 52.9 Å². The average molecular weight is 314 g/mol. The molecule has 1 aliphatic heterocycles. The van der Waals surface area contributed by atoms with Crippen molar-refractivity contribution in [3.8, 4) is 6.07 Å². The van der Waals surface area contributed by atoms with E-state index >= 15 is 0 Å².